The Morgan fingerprint density at radius 1 is 0.950 bits per heavy atom. The molecule has 1 N–H and O–H groups in total. The van der Waals surface area contributed by atoms with Crippen molar-refractivity contribution in [3.05, 3.63) is 71.3 Å². The maximum atomic E-state index is 4.18. The van der Waals surface area contributed by atoms with Crippen LogP contribution in [-0.2, 0) is 12.8 Å². The van der Waals surface area contributed by atoms with Gasteiger partial charge in [-0.15, -0.1) is 0 Å². The number of hydrogen-bond acceptors (Lipinski definition) is 1. The molecular formula is C19H23N. The maximum Gasteiger partial charge on any atom is 0.0385 e. The molecule has 20 heavy (non-hydrogen) atoms. The van der Waals surface area contributed by atoms with Crippen LogP contribution < -0.4 is 5.32 Å². The quantitative estimate of drug-likeness (QED) is 0.783. The fourth-order valence-electron chi connectivity index (χ4n) is 2.23. The molecule has 0 saturated carbocycles. The van der Waals surface area contributed by atoms with Crippen LogP contribution in [0.15, 0.2) is 49.0 Å². The lowest BCUT2D eigenvalue weighted by atomic mass is 10.0. The molecule has 0 saturated heterocycles. The van der Waals surface area contributed by atoms with Gasteiger partial charge in [-0.05, 0) is 60.7 Å². The molecule has 2 aromatic rings. The molecule has 2 rings (SSSR count). The van der Waals surface area contributed by atoms with E-state index < -0.39 is 0 Å². The topological polar surface area (TPSA) is 12.0 Å². The molecule has 104 valence electrons. The summed E-state index contributed by atoms with van der Waals surface area (Å²) >= 11 is 0. The number of hydrogen-bond donors (Lipinski definition) is 1. The van der Waals surface area contributed by atoms with Gasteiger partial charge in [0, 0.05) is 11.4 Å². The smallest absolute Gasteiger partial charge is 0.0385 e. The number of anilines is 1. The average Bonchev–Trinajstić information content (AvgIpc) is 2.48. The van der Waals surface area contributed by atoms with Crippen LogP contribution in [0.4, 0.5) is 5.69 Å². The van der Waals surface area contributed by atoms with Gasteiger partial charge in [-0.25, -0.2) is 0 Å². The lowest BCUT2D eigenvalue weighted by Gasteiger charge is -2.13. The Morgan fingerprint density at radius 2 is 1.50 bits per heavy atom. The van der Waals surface area contributed by atoms with Crippen LogP contribution in [0.2, 0.25) is 0 Å². The van der Waals surface area contributed by atoms with Gasteiger partial charge in [-0.1, -0.05) is 44.2 Å². The summed E-state index contributed by atoms with van der Waals surface area (Å²) in [5.74, 6) is 0. The van der Waals surface area contributed by atoms with Crippen molar-refractivity contribution in [1.29, 1.82) is 0 Å². The van der Waals surface area contributed by atoms with Crippen LogP contribution in [0.25, 0.3) is 5.70 Å². The second kappa shape index (κ2) is 6.42. The van der Waals surface area contributed by atoms with Crippen LogP contribution in [0.5, 0.6) is 0 Å². The maximum absolute atomic E-state index is 4.18. The molecule has 1 heteroatoms. The largest absolute Gasteiger partial charge is 0.356 e. The third-order valence-corrected chi connectivity index (χ3v) is 3.56. The zero-order valence-corrected chi connectivity index (χ0v) is 12.7. The molecular weight excluding hydrogens is 242 g/mol. The zero-order valence-electron chi connectivity index (χ0n) is 12.7. The summed E-state index contributed by atoms with van der Waals surface area (Å²) in [4.78, 5) is 0. The van der Waals surface area contributed by atoms with E-state index in [2.05, 4.69) is 75.1 Å². The molecule has 0 aromatic heterocycles. The Hall–Kier alpha value is -2.02. The Kier molecular flexibility index (Phi) is 4.62. The predicted octanol–water partition coefficient (Wildman–Crippen LogP) is 5.20. The van der Waals surface area contributed by atoms with Crippen molar-refractivity contribution in [2.75, 3.05) is 5.32 Å². The molecule has 0 amide bonds. The molecule has 0 aliphatic carbocycles. The number of nitrogens with one attached hydrogen (secondary N) is 1. The van der Waals surface area contributed by atoms with Gasteiger partial charge >= 0.3 is 0 Å². The van der Waals surface area contributed by atoms with Crippen molar-refractivity contribution in [2.45, 2.75) is 33.6 Å². The van der Waals surface area contributed by atoms with Crippen molar-refractivity contribution in [3.8, 4) is 0 Å². The minimum absolute atomic E-state index is 0.957. The van der Waals surface area contributed by atoms with Crippen LogP contribution in [0, 0.1) is 6.92 Å². The van der Waals surface area contributed by atoms with Gasteiger partial charge in [0.2, 0.25) is 0 Å². The summed E-state index contributed by atoms with van der Waals surface area (Å²) in [6, 6.07) is 15.1. The second-order valence-corrected chi connectivity index (χ2v) is 5.21. The van der Waals surface area contributed by atoms with Crippen molar-refractivity contribution in [3.63, 3.8) is 0 Å². The highest BCUT2D eigenvalue weighted by Crippen LogP contribution is 2.21. The normalized spacial score (nSPS) is 10.3. The molecule has 0 aliphatic rings. The van der Waals surface area contributed by atoms with E-state index >= 15 is 0 Å². The van der Waals surface area contributed by atoms with E-state index in [0.717, 1.165) is 24.2 Å². The number of aryl methyl sites for hydroxylation is 3. The van der Waals surface area contributed by atoms with Crippen LogP contribution in [-0.4, -0.2) is 0 Å². The molecule has 1 nitrogen and oxygen atoms in total. The first kappa shape index (κ1) is 14.4. The van der Waals surface area contributed by atoms with Gasteiger partial charge in [0.05, 0.1) is 0 Å². The molecule has 0 atom stereocenters. The summed E-state index contributed by atoms with van der Waals surface area (Å²) in [7, 11) is 0. The fourth-order valence-corrected chi connectivity index (χ4v) is 2.23. The van der Waals surface area contributed by atoms with E-state index in [0.29, 0.717) is 0 Å². The van der Waals surface area contributed by atoms with Crippen molar-refractivity contribution in [2.24, 2.45) is 0 Å². The fraction of sp³-hybridized carbons (Fsp3) is 0.263. The van der Waals surface area contributed by atoms with Gasteiger partial charge in [-0.3, -0.25) is 0 Å². The van der Waals surface area contributed by atoms with Crippen LogP contribution >= 0.6 is 0 Å². The van der Waals surface area contributed by atoms with E-state index in [4.69, 9.17) is 0 Å². The SMILES string of the molecule is C=C(Nc1ccc(C)cc1)c1cc(CC)cc(CC)c1. The summed E-state index contributed by atoms with van der Waals surface area (Å²) in [6.07, 6.45) is 2.11. The van der Waals surface area contributed by atoms with Gasteiger partial charge in [0.1, 0.15) is 0 Å². The van der Waals surface area contributed by atoms with Crippen molar-refractivity contribution < 1.29 is 0 Å². The second-order valence-electron chi connectivity index (χ2n) is 5.21. The first-order chi connectivity index (χ1) is 9.62. The minimum Gasteiger partial charge on any atom is -0.356 e. The summed E-state index contributed by atoms with van der Waals surface area (Å²) in [5.41, 5.74) is 7.22. The summed E-state index contributed by atoms with van der Waals surface area (Å²) in [5, 5.41) is 3.39. The number of benzene rings is 2. The average molecular weight is 265 g/mol. The van der Waals surface area contributed by atoms with E-state index in [-0.39, 0.29) is 0 Å². The molecule has 0 unspecified atom stereocenters. The highest BCUT2D eigenvalue weighted by Gasteiger charge is 2.03. The van der Waals surface area contributed by atoms with E-state index in [1.165, 1.54) is 22.3 Å². The van der Waals surface area contributed by atoms with Gasteiger partial charge < -0.3 is 5.32 Å². The predicted molar refractivity (Wildman–Crippen MR) is 89.0 cm³/mol. The highest BCUT2D eigenvalue weighted by molar-refractivity contribution is 5.75. The van der Waals surface area contributed by atoms with E-state index in [1.54, 1.807) is 0 Å². The molecule has 0 bridgehead atoms. The van der Waals surface area contributed by atoms with Crippen molar-refractivity contribution >= 4 is 11.4 Å². The van der Waals surface area contributed by atoms with Gasteiger partial charge in [0.15, 0.2) is 0 Å². The monoisotopic (exact) mass is 265 g/mol. The van der Waals surface area contributed by atoms with E-state index in [9.17, 15) is 0 Å². The summed E-state index contributed by atoms with van der Waals surface area (Å²) < 4.78 is 0. The molecule has 0 fully saturated rings. The summed E-state index contributed by atoms with van der Waals surface area (Å²) in [6.45, 7) is 10.7. The Bertz CT molecular complexity index is 571. The Labute approximate surface area is 122 Å². The van der Waals surface area contributed by atoms with Crippen LogP contribution in [0.1, 0.15) is 36.1 Å². The first-order valence-corrected chi connectivity index (χ1v) is 7.28. The molecule has 0 spiro atoms. The molecule has 0 heterocycles. The Balaban J connectivity index is 2.22. The highest BCUT2D eigenvalue weighted by atomic mass is 14.9. The standard InChI is InChI=1S/C19H23N/c1-5-16-11-17(6-2)13-18(12-16)15(4)20-19-9-7-14(3)8-10-19/h7-13,20H,4-6H2,1-3H3. The third kappa shape index (κ3) is 3.51. The lowest BCUT2D eigenvalue weighted by Crippen LogP contribution is -1.99. The minimum atomic E-state index is 0.957. The molecule has 0 aliphatic heterocycles. The first-order valence-electron chi connectivity index (χ1n) is 7.28. The third-order valence-electron chi connectivity index (χ3n) is 3.56. The van der Waals surface area contributed by atoms with Gasteiger partial charge in [-0.2, -0.15) is 0 Å². The van der Waals surface area contributed by atoms with Gasteiger partial charge in [0.25, 0.3) is 0 Å². The number of rotatable bonds is 5. The molecule has 0 radical (unpaired) electrons. The van der Waals surface area contributed by atoms with Crippen molar-refractivity contribution in [1.82, 2.24) is 0 Å². The zero-order chi connectivity index (χ0) is 14.5. The molecule has 2 aromatic carbocycles. The van der Waals surface area contributed by atoms with Crippen LogP contribution in [0.3, 0.4) is 0 Å². The lowest BCUT2D eigenvalue weighted by molar-refractivity contribution is 1.08. The Morgan fingerprint density at radius 3 is 2.00 bits per heavy atom. The van der Waals surface area contributed by atoms with E-state index in [1.807, 2.05) is 0 Å².